The molecule has 1 aromatic rings. The number of hydrogen-bond donors (Lipinski definition) is 1. The molecular weight excluding hydrogens is 168 g/mol. The molecule has 0 bridgehead atoms. The molecule has 4 nitrogen and oxygen atoms in total. The molecule has 0 unspecified atom stereocenters. The molecule has 1 aromatic heterocycles. The van der Waals surface area contributed by atoms with Crippen molar-refractivity contribution in [2.24, 2.45) is 5.73 Å². The molecule has 0 spiro atoms. The van der Waals surface area contributed by atoms with E-state index in [1.54, 1.807) is 0 Å². The van der Waals surface area contributed by atoms with Gasteiger partial charge in [0.2, 0.25) is 0 Å². The van der Waals surface area contributed by atoms with Crippen LogP contribution in [0, 0.1) is 5.21 Å². The van der Waals surface area contributed by atoms with Crippen LogP contribution in [0.2, 0.25) is 5.15 Å². The second-order valence-electron chi connectivity index (χ2n) is 1.93. The van der Waals surface area contributed by atoms with Crippen LogP contribution in [0.4, 0.5) is 0 Å². The smallest absolute Gasteiger partial charge is 0.286 e. The van der Waals surface area contributed by atoms with Crippen molar-refractivity contribution in [2.45, 2.75) is 0 Å². The largest absolute Gasteiger partial charge is 0.618 e. The lowest BCUT2D eigenvalue weighted by Gasteiger charge is -1.98. The number of carbonyl (C=O) groups is 1. The Bertz CT molecular complexity index is 301. The van der Waals surface area contributed by atoms with Crippen molar-refractivity contribution in [3.05, 3.63) is 34.3 Å². The van der Waals surface area contributed by atoms with E-state index in [2.05, 4.69) is 0 Å². The molecule has 0 atom stereocenters. The zero-order valence-corrected chi connectivity index (χ0v) is 6.21. The Morgan fingerprint density at radius 2 is 2.27 bits per heavy atom. The van der Waals surface area contributed by atoms with Crippen LogP contribution in [0.5, 0.6) is 0 Å². The molecule has 0 aliphatic heterocycles. The lowest BCUT2D eigenvalue weighted by Crippen LogP contribution is -2.29. The number of rotatable bonds is 1. The van der Waals surface area contributed by atoms with E-state index in [-0.39, 0.29) is 10.7 Å². The van der Waals surface area contributed by atoms with Crippen LogP contribution >= 0.6 is 11.6 Å². The van der Waals surface area contributed by atoms with Gasteiger partial charge < -0.3 is 10.9 Å². The maximum atomic E-state index is 10.7. The minimum Gasteiger partial charge on any atom is -0.618 e. The molecule has 2 N–H and O–H groups in total. The number of pyridine rings is 1. The molecule has 1 rings (SSSR count). The number of nitrogens with zero attached hydrogens (tertiary/aromatic N) is 1. The van der Waals surface area contributed by atoms with Gasteiger partial charge in [0.15, 0.2) is 6.20 Å². The van der Waals surface area contributed by atoms with Crippen LogP contribution in [0.3, 0.4) is 0 Å². The standard InChI is InChI=1S/C6H5ClN2O2/c7-5-2-1-4(6(8)10)3-9(5)11/h1-3H,(H2,8,10). The van der Waals surface area contributed by atoms with Gasteiger partial charge in [0.25, 0.3) is 11.1 Å². The fourth-order valence-corrected chi connectivity index (χ4v) is 0.721. The molecular formula is C6H5ClN2O2. The van der Waals surface area contributed by atoms with Crippen molar-refractivity contribution in [3.8, 4) is 0 Å². The summed E-state index contributed by atoms with van der Waals surface area (Å²) in [5.74, 6) is -0.647. The lowest BCUT2D eigenvalue weighted by atomic mass is 10.3. The van der Waals surface area contributed by atoms with Crippen LogP contribution < -0.4 is 10.5 Å². The molecule has 1 heterocycles. The Morgan fingerprint density at radius 3 is 2.73 bits per heavy atom. The van der Waals surface area contributed by atoms with E-state index in [4.69, 9.17) is 17.3 Å². The Labute approximate surface area is 67.8 Å². The second-order valence-corrected chi connectivity index (χ2v) is 2.32. The van der Waals surface area contributed by atoms with Gasteiger partial charge in [0, 0.05) is 6.07 Å². The van der Waals surface area contributed by atoms with E-state index in [0.29, 0.717) is 4.73 Å². The summed E-state index contributed by atoms with van der Waals surface area (Å²) in [7, 11) is 0. The molecule has 0 aliphatic carbocycles. The van der Waals surface area contributed by atoms with Crippen molar-refractivity contribution >= 4 is 17.5 Å². The van der Waals surface area contributed by atoms with Gasteiger partial charge in [-0.2, -0.15) is 4.73 Å². The van der Waals surface area contributed by atoms with Gasteiger partial charge in [-0.3, -0.25) is 4.79 Å². The zero-order valence-electron chi connectivity index (χ0n) is 5.45. The number of hydrogen-bond acceptors (Lipinski definition) is 2. The first-order valence-corrected chi connectivity index (χ1v) is 3.17. The normalized spacial score (nSPS) is 9.55. The minimum absolute atomic E-state index is 0.00926. The van der Waals surface area contributed by atoms with Gasteiger partial charge in [-0.05, 0) is 17.7 Å². The number of carbonyl (C=O) groups excluding carboxylic acids is 1. The Hall–Kier alpha value is -1.29. The van der Waals surface area contributed by atoms with Gasteiger partial charge >= 0.3 is 0 Å². The molecule has 5 heteroatoms. The first kappa shape index (κ1) is 7.81. The lowest BCUT2D eigenvalue weighted by molar-refractivity contribution is -0.603. The Kier molecular flexibility index (Phi) is 1.96. The van der Waals surface area contributed by atoms with E-state index in [0.717, 1.165) is 6.20 Å². The third kappa shape index (κ3) is 1.59. The zero-order chi connectivity index (χ0) is 8.43. The highest BCUT2D eigenvalue weighted by atomic mass is 35.5. The first-order valence-electron chi connectivity index (χ1n) is 2.80. The average Bonchev–Trinajstić information content (AvgIpc) is 1.94. The third-order valence-electron chi connectivity index (χ3n) is 1.15. The van der Waals surface area contributed by atoms with Crippen LogP contribution in [-0.2, 0) is 0 Å². The van der Waals surface area contributed by atoms with E-state index in [9.17, 15) is 10.0 Å². The number of nitrogens with two attached hydrogens (primary N) is 1. The number of aromatic nitrogens is 1. The van der Waals surface area contributed by atoms with E-state index in [1.807, 2.05) is 0 Å². The van der Waals surface area contributed by atoms with Gasteiger partial charge in [-0.1, -0.05) is 0 Å². The molecule has 0 saturated heterocycles. The molecule has 0 aromatic carbocycles. The van der Waals surface area contributed by atoms with Crippen LogP contribution in [-0.4, -0.2) is 5.91 Å². The summed E-state index contributed by atoms with van der Waals surface area (Å²) >= 11 is 5.38. The third-order valence-corrected chi connectivity index (χ3v) is 1.44. The average molecular weight is 173 g/mol. The maximum absolute atomic E-state index is 10.7. The topological polar surface area (TPSA) is 70.0 Å². The summed E-state index contributed by atoms with van der Waals surface area (Å²) in [5, 5.41) is 10.7. The summed E-state index contributed by atoms with van der Waals surface area (Å²) in [4.78, 5) is 10.5. The highest BCUT2D eigenvalue weighted by Crippen LogP contribution is 2.01. The first-order chi connectivity index (χ1) is 5.11. The van der Waals surface area contributed by atoms with Gasteiger partial charge in [0.05, 0.1) is 0 Å². The fraction of sp³-hybridized carbons (Fsp3) is 0. The summed E-state index contributed by atoms with van der Waals surface area (Å²) < 4.78 is 0.377. The summed E-state index contributed by atoms with van der Waals surface area (Å²) in [6.45, 7) is 0. The van der Waals surface area contributed by atoms with Crippen molar-refractivity contribution in [3.63, 3.8) is 0 Å². The SMILES string of the molecule is NC(=O)c1ccc(Cl)[n+]([O-])c1. The van der Waals surface area contributed by atoms with E-state index >= 15 is 0 Å². The van der Waals surface area contributed by atoms with Gasteiger partial charge in [-0.15, -0.1) is 0 Å². The molecule has 0 radical (unpaired) electrons. The minimum atomic E-state index is -0.647. The van der Waals surface area contributed by atoms with Gasteiger partial charge in [0.1, 0.15) is 5.56 Å². The molecule has 0 aliphatic rings. The summed E-state index contributed by atoms with van der Waals surface area (Å²) in [6.07, 6.45) is 1.03. The van der Waals surface area contributed by atoms with E-state index in [1.165, 1.54) is 12.1 Å². The molecule has 0 saturated carbocycles. The van der Waals surface area contributed by atoms with Crippen LogP contribution in [0.15, 0.2) is 18.3 Å². The Morgan fingerprint density at radius 1 is 1.64 bits per heavy atom. The highest BCUT2D eigenvalue weighted by Gasteiger charge is 2.06. The fourth-order valence-electron chi connectivity index (χ4n) is 0.609. The number of amides is 1. The summed E-state index contributed by atoms with van der Waals surface area (Å²) in [5.41, 5.74) is 5.04. The molecule has 1 amide bonds. The number of primary amides is 1. The monoisotopic (exact) mass is 172 g/mol. The van der Waals surface area contributed by atoms with Gasteiger partial charge in [-0.25, -0.2) is 0 Å². The van der Waals surface area contributed by atoms with Crippen LogP contribution in [0.1, 0.15) is 10.4 Å². The Balaban J connectivity index is 3.15. The molecule has 11 heavy (non-hydrogen) atoms. The van der Waals surface area contributed by atoms with Crippen molar-refractivity contribution in [1.82, 2.24) is 0 Å². The quantitative estimate of drug-likeness (QED) is 0.370. The molecule has 0 fully saturated rings. The second kappa shape index (κ2) is 2.75. The maximum Gasteiger partial charge on any atom is 0.286 e. The van der Waals surface area contributed by atoms with Crippen molar-refractivity contribution in [2.75, 3.05) is 0 Å². The number of halogens is 1. The van der Waals surface area contributed by atoms with Crippen molar-refractivity contribution in [1.29, 1.82) is 0 Å². The van der Waals surface area contributed by atoms with Crippen LogP contribution in [0.25, 0.3) is 0 Å². The summed E-state index contributed by atoms with van der Waals surface area (Å²) in [6, 6.07) is 2.70. The molecule has 58 valence electrons. The van der Waals surface area contributed by atoms with E-state index < -0.39 is 5.91 Å². The van der Waals surface area contributed by atoms with Crippen molar-refractivity contribution < 1.29 is 9.52 Å². The predicted molar refractivity (Wildman–Crippen MR) is 38.9 cm³/mol. The highest BCUT2D eigenvalue weighted by molar-refractivity contribution is 6.28. The predicted octanol–water partition coefficient (Wildman–Crippen LogP) is 0.0723.